The molecular weight excluding hydrogens is 296 g/mol. The zero-order valence-electron chi connectivity index (χ0n) is 13.0. The number of carbonyl (C=O) groups excluding carboxylic acids is 1. The standard InChI is InChI=1S/C16H20N4O3/c1-17-13(21)9-16(23)7-4-8-20(10-16)15-18-12-6-3-2-5-11(12)14(22)19-15/h2-3,5-6,23H,4,7-10H2,1H3,(H,17,21)(H,18,19,22). The van der Waals surface area contributed by atoms with Gasteiger partial charge in [-0.05, 0) is 25.0 Å². The first-order chi connectivity index (χ1) is 11.0. The lowest BCUT2D eigenvalue weighted by atomic mass is 9.89. The minimum atomic E-state index is -1.11. The number of aliphatic hydroxyl groups is 1. The molecule has 0 radical (unpaired) electrons. The van der Waals surface area contributed by atoms with Crippen LogP contribution in [0.3, 0.4) is 0 Å². The van der Waals surface area contributed by atoms with Crippen LogP contribution in [0.2, 0.25) is 0 Å². The largest absolute Gasteiger partial charge is 0.388 e. The number of rotatable bonds is 3. The van der Waals surface area contributed by atoms with Gasteiger partial charge in [-0.2, -0.15) is 0 Å². The van der Waals surface area contributed by atoms with Gasteiger partial charge in [-0.3, -0.25) is 14.6 Å². The van der Waals surface area contributed by atoms with Gasteiger partial charge < -0.3 is 15.3 Å². The van der Waals surface area contributed by atoms with E-state index in [1.165, 1.54) is 0 Å². The molecule has 2 aromatic rings. The van der Waals surface area contributed by atoms with E-state index in [1.54, 1.807) is 25.2 Å². The van der Waals surface area contributed by atoms with Crippen molar-refractivity contribution in [3.8, 4) is 0 Å². The zero-order chi connectivity index (χ0) is 16.4. The van der Waals surface area contributed by atoms with E-state index in [9.17, 15) is 14.7 Å². The summed E-state index contributed by atoms with van der Waals surface area (Å²) in [5.41, 5.74) is -0.694. The molecule has 3 N–H and O–H groups in total. The maximum absolute atomic E-state index is 12.2. The fraction of sp³-hybridized carbons (Fsp3) is 0.438. The molecule has 0 aliphatic carbocycles. The van der Waals surface area contributed by atoms with Crippen LogP contribution in [0.25, 0.3) is 10.9 Å². The van der Waals surface area contributed by atoms with Gasteiger partial charge in [-0.25, -0.2) is 4.98 Å². The number of amides is 1. The first-order valence-electron chi connectivity index (χ1n) is 7.68. The Morgan fingerprint density at radius 3 is 3.04 bits per heavy atom. The number of benzene rings is 1. The number of hydrogen-bond donors (Lipinski definition) is 3. The minimum absolute atomic E-state index is 0.0395. The first-order valence-corrected chi connectivity index (χ1v) is 7.68. The molecule has 0 saturated carbocycles. The lowest BCUT2D eigenvalue weighted by molar-refractivity contribution is -0.125. The minimum Gasteiger partial charge on any atom is -0.388 e. The summed E-state index contributed by atoms with van der Waals surface area (Å²) < 4.78 is 0. The third-order valence-electron chi connectivity index (χ3n) is 4.22. The average Bonchev–Trinajstić information content (AvgIpc) is 2.54. The lowest BCUT2D eigenvalue weighted by Crippen LogP contribution is -2.51. The molecule has 23 heavy (non-hydrogen) atoms. The van der Waals surface area contributed by atoms with Gasteiger partial charge >= 0.3 is 0 Å². The van der Waals surface area contributed by atoms with Gasteiger partial charge in [-0.1, -0.05) is 12.1 Å². The number of nitrogens with one attached hydrogen (secondary N) is 2. The van der Waals surface area contributed by atoms with Crippen LogP contribution in [0.15, 0.2) is 29.1 Å². The number of aromatic nitrogens is 2. The summed E-state index contributed by atoms with van der Waals surface area (Å²) in [7, 11) is 1.55. The summed E-state index contributed by atoms with van der Waals surface area (Å²) in [4.78, 5) is 32.9. The van der Waals surface area contributed by atoms with Crippen LogP contribution < -0.4 is 15.8 Å². The molecule has 1 aromatic carbocycles. The van der Waals surface area contributed by atoms with Gasteiger partial charge in [-0.15, -0.1) is 0 Å². The van der Waals surface area contributed by atoms with Gasteiger partial charge in [0.2, 0.25) is 11.9 Å². The van der Waals surface area contributed by atoms with E-state index in [-0.39, 0.29) is 24.4 Å². The number of aromatic amines is 1. The summed E-state index contributed by atoms with van der Waals surface area (Å²) in [5, 5.41) is 13.7. The number of β-amino-alcohol motifs (C(OH)–C–C–N with tert-alkyl or cyclic N) is 1. The van der Waals surface area contributed by atoms with Crippen molar-refractivity contribution in [1.82, 2.24) is 15.3 Å². The first kappa shape index (κ1) is 15.5. The van der Waals surface area contributed by atoms with E-state index in [0.717, 1.165) is 6.42 Å². The van der Waals surface area contributed by atoms with Crippen molar-refractivity contribution in [2.24, 2.45) is 0 Å². The van der Waals surface area contributed by atoms with E-state index in [1.807, 2.05) is 11.0 Å². The summed E-state index contributed by atoms with van der Waals surface area (Å²) in [6, 6.07) is 7.14. The predicted molar refractivity (Wildman–Crippen MR) is 87.4 cm³/mol. The molecular formula is C16H20N4O3. The molecule has 1 aliphatic rings. The van der Waals surface area contributed by atoms with Crippen molar-refractivity contribution in [3.05, 3.63) is 34.6 Å². The molecule has 1 amide bonds. The predicted octanol–water partition coefficient (Wildman–Crippen LogP) is 0.390. The van der Waals surface area contributed by atoms with Crippen LogP contribution in [0, 0.1) is 0 Å². The number of piperidine rings is 1. The van der Waals surface area contributed by atoms with Crippen molar-refractivity contribution < 1.29 is 9.90 Å². The number of hydrogen-bond acceptors (Lipinski definition) is 5. The van der Waals surface area contributed by atoms with Crippen molar-refractivity contribution >= 4 is 22.8 Å². The Labute approximate surface area is 133 Å². The van der Waals surface area contributed by atoms with Gasteiger partial charge in [0, 0.05) is 13.6 Å². The van der Waals surface area contributed by atoms with E-state index < -0.39 is 5.60 Å². The number of carbonyl (C=O) groups is 1. The molecule has 1 atom stereocenters. The van der Waals surface area contributed by atoms with E-state index in [2.05, 4.69) is 15.3 Å². The van der Waals surface area contributed by atoms with Crippen LogP contribution in [0.1, 0.15) is 19.3 Å². The summed E-state index contributed by atoms with van der Waals surface area (Å²) in [6.07, 6.45) is 1.32. The number of fused-ring (bicyclic) bond motifs is 1. The molecule has 1 unspecified atom stereocenters. The lowest BCUT2D eigenvalue weighted by Gasteiger charge is -2.39. The fourth-order valence-electron chi connectivity index (χ4n) is 3.05. The van der Waals surface area contributed by atoms with E-state index in [0.29, 0.717) is 29.8 Å². The molecule has 1 fully saturated rings. The summed E-state index contributed by atoms with van der Waals surface area (Å²) in [6.45, 7) is 0.943. The molecule has 3 rings (SSSR count). The third kappa shape index (κ3) is 3.19. The summed E-state index contributed by atoms with van der Waals surface area (Å²) >= 11 is 0. The molecule has 1 aromatic heterocycles. The summed E-state index contributed by atoms with van der Waals surface area (Å²) in [5.74, 6) is 0.234. The maximum atomic E-state index is 12.2. The van der Waals surface area contributed by atoms with Crippen LogP contribution in [-0.4, -0.2) is 46.7 Å². The normalized spacial score (nSPS) is 21.4. The highest BCUT2D eigenvalue weighted by Crippen LogP contribution is 2.26. The second-order valence-electron chi connectivity index (χ2n) is 6.01. The number of para-hydroxylation sites is 1. The SMILES string of the molecule is CNC(=O)CC1(O)CCCN(c2nc3ccccc3c(=O)[nH]2)C1. The van der Waals surface area contributed by atoms with Gasteiger partial charge in [0.05, 0.1) is 29.5 Å². The second-order valence-corrected chi connectivity index (χ2v) is 6.01. The number of H-pyrrole nitrogens is 1. The topological polar surface area (TPSA) is 98.3 Å². The fourth-order valence-corrected chi connectivity index (χ4v) is 3.05. The Morgan fingerprint density at radius 1 is 1.48 bits per heavy atom. The van der Waals surface area contributed by atoms with Gasteiger partial charge in [0.25, 0.3) is 5.56 Å². The molecule has 1 saturated heterocycles. The van der Waals surface area contributed by atoms with Crippen molar-refractivity contribution in [1.29, 1.82) is 0 Å². The van der Waals surface area contributed by atoms with E-state index in [4.69, 9.17) is 0 Å². The molecule has 2 heterocycles. The molecule has 7 heteroatoms. The quantitative estimate of drug-likeness (QED) is 0.761. The Morgan fingerprint density at radius 2 is 2.26 bits per heavy atom. The van der Waals surface area contributed by atoms with Gasteiger partial charge in [0.1, 0.15) is 0 Å². The van der Waals surface area contributed by atoms with Crippen LogP contribution in [0.5, 0.6) is 0 Å². The molecule has 7 nitrogen and oxygen atoms in total. The van der Waals surface area contributed by atoms with Crippen LogP contribution in [0.4, 0.5) is 5.95 Å². The highest BCUT2D eigenvalue weighted by atomic mass is 16.3. The van der Waals surface area contributed by atoms with Crippen molar-refractivity contribution in [3.63, 3.8) is 0 Å². The highest BCUT2D eigenvalue weighted by molar-refractivity contribution is 5.78. The number of nitrogens with zero attached hydrogens (tertiary/aromatic N) is 2. The second kappa shape index (κ2) is 6.00. The van der Waals surface area contributed by atoms with Crippen LogP contribution >= 0.6 is 0 Å². The van der Waals surface area contributed by atoms with Crippen molar-refractivity contribution in [2.45, 2.75) is 24.9 Å². The Balaban J connectivity index is 1.89. The number of anilines is 1. The average molecular weight is 316 g/mol. The Kier molecular flexibility index (Phi) is 4.04. The van der Waals surface area contributed by atoms with Gasteiger partial charge in [0.15, 0.2) is 0 Å². The molecule has 1 aliphatic heterocycles. The monoisotopic (exact) mass is 316 g/mol. The zero-order valence-corrected chi connectivity index (χ0v) is 13.0. The van der Waals surface area contributed by atoms with E-state index >= 15 is 0 Å². The Bertz CT molecular complexity index is 788. The third-order valence-corrected chi connectivity index (χ3v) is 4.22. The molecule has 0 spiro atoms. The maximum Gasteiger partial charge on any atom is 0.260 e. The van der Waals surface area contributed by atoms with Crippen molar-refractivity contribution in [2.75, 3.05) is 25.0 Å². The molecule has 0 bridgehead atoms. The molecule has 122 valence electrons. The van der Waals surface area contributed by atoms with Crippen LogP contribution in [-0.2, 0) is 4.79 Å². The smallest absolute Gasteiger partial charge is 0.260 e. The Hall–Kier alpha value is -2.41. The highest BCUT2D eigenvalue weighted by Gasteiger charge is 2.36.